The number of halogens is 1. The van der Waals surface area contributed by atoms with Crippen molar-refractivity contribution in [2.45, 2.75) is 66.2 Å². The Hall–Kier alpha value is -2.24. The van der Waals surface area contributed by atoms with Crippen LogP contribution in [0.1, 0.15) is 66.2 Å². The van der Waals surface area contributed by atoms with Gasteiger partial charge in [-0.3, -0.25) is 19.2 Å². The fraction of sp³-hybridized carbons (Fsp3) is 0.828. The van der Waals surface area contributed by atoms with E-state index in [2.05, 4.69) is 26.5 Å². The minimum atomic E-state index is -0.957. The highest BCUT2D eigenvalue weighted by Crippen LogP contribution is 2.33. The minimum Gasteiger partial charge on any atom is -1.00 e. The molecule has 0 fully saturated rings. The molecule has 0 spiro atoms. The summed E-state index contributed by atoms with van der Waals surface area (Å²) in [4.78, 5) is 64.5. The quantitative estimate of drug-likeness (QED) is 0.0718. The second kappa shape index (κ2) is 20.6. The van der Waals surface area contributed by atoms with Gasteiger partial charge in [0.05, 0.1) is 59.3 Å². The van der Waals surface area contributed by atoms with Crippen LogP contribution in [-0.4, -0.2) is 112 Å². The summed E-state index contributed by atoms with van der Waals surface area (Å²) in [6.45, 7) is 8.14. The van der Waals surface area contributed by atoms with Gasteiger partial charge in [-0.1, -0.05) is 27.7 Å². The molecule has 0 aromatic heterocycles. The van der Waals surface area contributed by atoms with Crippen molar-refractivity contribution in [2.75, 3.05) is 67.6 Å². The van der Waals surface area contributed by atoms with Gasteiger partial charge < -0.3 is 46.5 Å². The maximum atomic E-state index is 13.1. The van der Waals surface area contributed by atoms with Gasteiger partial charge in [0.1, 0.15) is 12.9 Å². The van der Waals surface area contributed by atoms with E-state index in [1.54, 1.807) is 13.8 Å². The Morgan fingerprint density at radius 1 is 0.976 bits per heavy atom. The number of hydrogen-bond donors (Lipinski definition) is 2. The number of quaternary nitrogens is 1. The summed E-state index contributed by atoms with van der Waals surface area (Å²) in [7, 11) is 7.76. The third kappa shape index (κ3) is 16.7. The van der Waals surface area contributed by atoms with Crippen LogP contribution in [0.15, 0.2) is 0 Å². The second-order valence-electron chi connectivity index (χ2n) is 12.1. The van der Waals surface area contributed by atoms with Crippen LogP contribution in [0.4, 0.5) is 0 Å². The molecule has 0 aromatic carbocycles. The highest BCUT2D eigenvalue weighted by molar-refractivity contribution is 5.84. The maximum Gasteiger partial charge on any atom is 0.309 e. The van der Waals surface area contributed by atoms with E-state index in [0.717, 1.165) is 17.4 Å². The van der Waals surface area contributed by atoms with Gasteiger partial charge in [0.2, 0.25) is 11.8 Å². The predicted molar refractivity (Wildman–Crippen MR) is 152 cm³/mol. The number of carbonyl (C=O) groups is 5. The Morgan fingerprint density at radius 2 is 1.54 bits per heavy atom. The Balaban J connectivity index is 0. The number of amides is 2. The number of likely N-dealkylation sites (N-methyl/N-ethyl adjacent to an activating group) is 1. The van der Waals surface area contributed by atoms with E-state index >= 15 is 0 Å². The molecule has 0 heterocycles. The largest absolute Gasteiger partial charge is 1.00 e. The van der Waals surface area contributed by atoms with Crippen molar-refractivity contribution in [1.29, 1.82) is 0 Å². The maximum absolute atomic E-state index is 13.1. The first-order chi connectivity index (χ1) is 18.6. The number of aliphatic hydroxyl groups excluding tert-OH is 1. The topological polar surface area (TPSA) is 139 Å². The van der Waals surface area contributed by atoms with Crippen LogP contribution in [0.25, 0.3) is 0 Å². The third-order valence-corrected chi connectivity index (χ3v) is 6.82. The van der Waals surface area contributed by atoms with Gasteiger partial charge in [-0.15, -0.1) is 0 Å². The van der Waals surface area contributed by atoms with Crippen molar-refractivity contribution in [3.05, 3.63) is 0 Å². The Kier molecular flexibility index (Phi) is 20.6. The summed E-state index contributed by atoms with van der Waals surface area (Å²) in [6.07, 6.45) is 2.73. The summed E-state index contributed by atoms with van der Waals surface area (Å²) in [6, 6.07) is 0. The molecule has 0 aliphatic carbocycles. The molecule has 0 bridgehead atoms. The lowest BCUT2D eigenvalue weighted by molar-refractivity contribution is -0.870. The molecule has 0 aliphatic rings. The molecule has 12 heteroatoms. The van der Waals surface area contributed by atoms with Gasteiger partial charge in [-0.05, 0) is 32.1 Å². The Labute approximate surface area is 252 Å². The van der Waals surface area contributed by atoms with Gasteiger partial charge in [-0.25, -0.2) is 0 Å². The van der Waals surface area contributed by atoms with E-state index < -0.39 is 35.1 Å². The fourth-order valence-electron chi connectivity index (χ4n) is 4.48. The molecule has 2 amide bonds. The lowest BCUT2D eigenvalue weighted by Gasteiger charge is -2.31. The molecular formula is C29H54ClN3O8. The number of nitrogens with one attached hydrogen (secondary N) is 1. The molecule has 0 radical (unpaired) electrons. The Morgan fingerprint density at radius 3 is 2.05 bits per heavy atom. The van der Waals surface area contributed by atoms with Crippen molar-refractivity contribution >= 4 is 30.0 Å². The normalized spacial score (nSPS) is 13.7. The summed E-state index contributed by atoms with van der Waals surface area (Å²) >= 11 is 0. The van der Waals surface area contributed by atoms with Crippen LogP contribution in [-0.2, 0) is 33.4 Å². The highest BCUT2D eigenvalue weighted by atomic mass is 35.5. The number of rotatable bonds is 21. The number of ether oxygens (including phenoxy) is 2. The first-order valence-electron chi connectivity index (χ1n) is 14.3. The van der Waals surface area contributed by atoms with Crippen molar-refractivity contribution in [3.8, 4) is 0 Å². The third-order valence-electron chi connectivity index (χ3n) is 6.82. The van der Waals surface area contributed by atoms with Crippen LogP contribution in [0.3, 0.4) is 0 Å². The Bertz CT molecular complexity index is 816. The molecule has 0 saturated carbocycles. The van der Waals surface area contributed by atoms with E-state index in [1.165, 1.54) is 11.9 Å². The number of aliphatic hydroxyl groups is 1. The van der Waals surface area contributed by atoms with E-state index in [9.17, 15) is 29.1 Å². The number of carbonyl (C=O) groups excluding carboxylic acids is 5. The zero-order valence-corrected chi connectivity index (χ0v) is 27.1. The molecule has 0 saturated heterocycles. The molecule has 0 aliphatic heterocycles. The number of aldehydes is 1. The number of esters is 2. The standard InChI is InChI=1S/C29H53N3O8.ClH/c1-9-17-39-26(36)23(19-22(10-2)25(35)31(5)13-15-33)20-24(27(37)40-18-16-34)21-29(3,4)28(38)30-12-11-14-32(6,7)8;/h15,22-24,34H,9-14,16-21H2,1-8H3;1H. The van der Waals surface area contributed by atoms with Crippen LogP contribution >= 0.6 is 0 Å². The first-order valence-corrected chi connectivity index (χ1v) is 14.3. The van der Waals surface area contributed by atoms with E-state index in [-0.39, 0.29) is 69.8 Å². The molecule has 240 valence electrons. The smallest absolute Gasteiger partial charge is 0.309 e. The molecule has 41 heavy (non-hydrogen) atoms. The van der Waals surface area contributed by atoms with Crippen molar-refractivity contribution in [2.24, 2.45) is 23.2 Å². The summed E-state index contributed by atoms with van der Waals surface area (Å²) in [5.74, 6) is -3.83. The average Bonchev–Trinajstić information content (AvgIpc) is 2.88. The molecule has 2 N–H and O–H groups in total. The lowest BCUT2D eigenvalue weighted by atomic mass is 9.76. The summed E-state index contributed by atoms with van der Waals surface area (Å²) in [5, 5.41) is 12.1. The van der Waals surface area contributed by atoms with Gasteiger partial charge in [0, 0.05) is 31.3 Å². The molecular weight excluding hydrogens is 554 g/mol. The van der Waals surface area contributed by atoms with Crippen LogP contribution in [0.5, 0.6) is 0 Å². The van der Waals surface area contributed by atoms with E-state index in [4.69, 9.17) is 9.47 Å². The SMILES string of the molecule is CCCOC(=O)C(CC(CC(C)(C)C(=O)NCCC[N+](C)(C)C)C(=O)OCCO)CC(CC)C(=O)N(C)CC=O.[Cl-]. The average molecular weight is 608 g/mol. The zero-order valence-electron chi connectivity index (χ0n) is 26.4. The van der Waals surface area contributed by atoms with Gasteiger partial charge in [0.25, 0.3) is 0 Å². The van der Waals surface area contributed by atoms with E-state index in [0.29, 0.717) is 25.7 Å². The van der Waals surface area contributed by atoms with Crippen molar-refractivity contribution in [3.63, 3.8) is 0 Å². The lowest BCUT2D eigenvalue weighted by Crippen LogP contribution is -3.00. The van der Waals surface area contributed by atoms with Gasteiger partial charge >= 0.3 is 11.9 Å². The monoisotopic (exact) mass is 607 g/mol. The van der Waals surface area contributed by atoms with E-state index in [1.807, 2.05) is 13.8 Å². The summed E-state index contributed by atoms with van der Waals surface area (Å²) in [5.41, 5.74) is -0.957. The number of nitrogens with zero attached hydrogens (tertiary/aromatic N) is 2. The van der Waals surface area contributed by atoms with Gasteiger partial charge in [-0.2, -0.15) is 0 Å². The molecule has 3 unspecified atom stereocenters. The van der Waals surface area contributed by atoms with Gasteiger partial charge in [0.15, 0.2) is 0 Å². The summed E-state index contributed by atoms with van der Waals surface area (Å²) < 4.78 is 11.4. The molecule has 0 aromatic rings. The van der Waals surface area contributed by atoms with Crippen molar-refractivity contribution in [1.82, 2.24) is 10.2 Å². The highest BCUT2D eigenvalue weighted by Gasteiger charge is 2.38. The zero-order chi connectivity index (χ0) is 30.9. The predicted octanol–water partition coefficient (Wildman–Crippen LogP) is -1.20. The second-order valence-corrected chi connectivity index (χ2v) is 12.1. The first kappa shape index (κ1) is 40.9. The fourth-order valence-corrected chi connectivity index (χ4v) is 4.48. The van der Waals surface area contributed by atoms with Crippen molar-refractivity contribution < 1.29 is 55.4 Å². The molecule has 11 nitrogen and oxygen atoms in total. The van der Waals surface area contributed by atoms with Crippen LogP contribution in [0.2, 0.25) is 0 Å². The molecule has 3 atom stereocenters. The van der Waals surface area contributed by atoms with Crippen LogP contribution in [0, 0.1) is 23.2 Å². The molecule has 0 rings (SSSR count). The van der Waals surface area contributed by atoms with Crippen LogP contribution < -0.4 is 17.7 Å². The number of hydrogen-bond acceptors (Lipinski definition) is 8. The minimum absolute atomic E-state index is 0.